The van der Waals surface area contributed by atoms with E-state index in [0.717, 1.165) is 31.5 Å². The Hall–Kier alpha value is -1.91. The molecule has 110 valence electrons. The number of rotatable bonds is 5. The Kier molecular flexibility index (Phi) is 4.71. The maximum absolute atomic E-state index is 12.0. The van der Waals surface area contributed by atoms with Crippen molar-refractivity contribution in [3.63, 3.8) is 0 Å². The van der Waals surface area contributed by atoms with Crippen molar-refractivity contribution in [2.45, 2.75) is 32.6 Å². The molecule has 0 radical (unpaired) electrons. The zero-order chi connectivity index (χ0) is 14.5. The predicted octanol–water partition coefficient (Wildman–Crippen LogP) is 1.93. The zero-order valence-electron chi connectivity index (χ0n) is 11.9. The van der Waals surface area contributed by atoms with Crippen molar-refractivity contribution in [3.05, 3.63) is 17.7 Å². The third-order valence-electron chi connectivity index (χ3n) is 3.55. The van der Waals surface area contributed by atoms with Crippen LogP contribution in [0.5, 0.6) is 11.5 Å². The largest absolute Gasteiger partial charge is 0.503 e. The molecule has 1 amide bonds. The Balaban J connectivity index is 2.00. The number of amides is 1. The lowest BCUT2D eigenvalue weighted by molar-refractivity contribution is -0.130. The monoisotopic (exact) mass is 278 g/mol. The molecule has 1 aromatic rings. The van der Waals surface area contributed by atoms with Crippen molar-refractivity contribution in [2.75, 3.05) is 25.4 Å². The molecule has 5 nitrogen and oxygen atoms in total. The first-order valence-corrected chi connectivity index (χ1v) is 7.13. The molecule has 1 fully saturated rings. The molecule has 0 saturated carbocycles. The van der Waals surface area contributed by atoms with E-state index in [0.29, 0.717) is 30.9 Å². The number of phenols is 1. The fourth-order valence-corrected chi connectivity index (χ4v) is 2.47. The van der Waals surface area contributed by atoms with Gasteiger partial charge in [-0.05, 0) is 43.9 Å². The predicted molar refractivity (Wildman–Crippen MR) is 77.8 cm³/mol. The number of aryl methyl sites for hydroxylation is 1. The van der Waals surface area contributed by atoms with Crippen LogP contribution in [0.2, 0.25) is 0 Å². The number of nitrogen functional groups attached to an aromatic ring is 1. The second-order valence-electron chi connectivity index (χ2n) is 5.05. The minimum atomic E-state index is -0.0264. The number of ether oxygens (including phenoxy) is 1. The number of likely N-dealkylation sites (tertiary alicyclic amines) is 1. The number of carbonyl (C=O) groups excluding carboxylic acids is 1. The van der Waals surface area contributed by atoms with E-state index in [1.165, 1.54) is 0 Å². The summed E-state index contributed by atoms with van der Waals surface area (Å²) in [5.41, 5.74) is 6.96. The Morgan fingerprint density at radius 2 is 2.10 bits per heavy atom. The number of carbonyl (C=O) groups is 1. The maximum atomic E-state index is 12.0. The van der Waals surface area contributed by atoms with Crippen LogP contribution in [-0.2, 0) is 11.2 Å². The summed E-state index contributed by atoms with van der Waals surface area (Å²) in [5.74, 6) is 0.546. The van der Waals surface area contributed by atoms with Crippen LogP contribution in [0.4, 0.5) is 5.69 Å². The molecule has 0 bridgehead atoms. The van der Waals surface area contributed by atoms with Crippen LogP contribution in [-0.4, -0.2) is 35.6 Å². The molecule has 20 heavy (non-hydrogen) atoms. The number of hydrogen-bond acceptors (Lipinski definition) is 4. The zero-order valence-corrected chi connectivity index (χ0v) is 11.9. The number of hydrogen-bond donors (Lipinski definition) is 2. The van der Waals surface area contributed by atoms with Crippen LogP contribution in [0.3, 0.4) is 0 Å². The maximum Gasteiger partial charge on any atom is 0.222 e. The first kappa shape index (κ1) is 14.5. The molecule has 2 rings (SSSR count). The van der Waals surface area contributed by atoms with E-state index in [1.807, 2.05) is 11.8 Å². The number of nitrogens with zero attached hydrogens (tertiary/aromatic N) is 1. The van der Waals surface area contributed by atoms with Crippen LogP contribution in [0.1, 0.15) is 31.7 Å². The highest BCUT2D eigenvalue weighted by atomic mass is 16.5. The molecule has 1 aliphatic rings. The van der Waals surface area contributed by atoms with Gasteiger partial charge in [-0.15, -0.1) is 0 Å². The SMILES string of the molecule is CCOc1cc(CCC(=O)N2CCCC2)cc(N)c1O. The summed E-state index contributed by atoms with van der Waals surface area (Å²) in [6.45, 7) is 4.06. The van der Waals surface area contributed by atoms with Gasteiger partial charge in [-0.3, -0.25) is 4.79 Å². The topological polar surface area (TPSA) is 75.8 Å². The molecular formula is C15H22N2O3. The molecule has 5 heteroatoms. The summed E-state index contributed by atoms with van der Waals surface area (Å²) >= 11 is 0. The van der Waals surface area contributed by atoms with Gasteiger partial charge in [-0.2, -0.15) is 0 Å². The molecular weight excluding hydrogens is 256 g/mol. The van der Waals surface area contributed by atoms with Gasteiger partial charge >= 0.3 is 0 Å². The second-order valence-corrected chi connectivity index (χ2v) is 5.05. The van der Waals surface area contributed by atoms with E-state index in [1.54, 1.807) is 12.1 Å². The normalized spacial score (nSPS) is 14.6. The number of aromatic hydroxyl groups is 1. The average Bonchev–Trinajstić information content (AvgIpc) is 2.95. The Morgan fingerprint density at radius 3 is 2.75 bits per heavy atom. The molecule has 1 saturated heterocycles. The fraction of sp³-hybridized carbons (Fsp3) is 0.533. The van der Waals surface area contributed by atoms with Crippen molar-refractivity contribution < 1.29 is 14.6 Å². The summed E-state index contributed by atoms with van der Waals surface area (Å²) in [6.07, 6.45) is 3.29. The molecule has 0 atom stereocenters. The molecule has 1 aromatic carbocycles. The van der Waals surface area contributed by atoms with Crippen LogP contribution >= 0.6 is 0 Å². The highest BCUT2D eigenvalue weighted by Gasteiger charge is 2.18. The third kappa shape index (κ3) is 3.35. The van der Waals surface area contributed by atoms with E-state index in [2.05, 4.69) is 0 Å². The first-order valence-electron chi connectivity index (χ1n) is 7.13. The van der Waals surface area contributed by atoms with Crippen LogP contribution < -0.4 is 10.5 Å². The van der Waals surface area contributed by atoms with Gasteiger partial charge in [0.05, 0.1) is 12.3 Å². The third-order valence-corrected chi connectivity index (χ3v) is 3.55. The smallest absolute Gasteiger partial charge is 0.222 e. The van der Waals surface area contributed by atoms with Gasteiger partial charge in [0.25, 0.3) is 0 Å². The van der Waals surface area contributed by atoms with Crippen molar-refractivity contribution in [1.82, 2.24) is 4.90 Å². The number of anilines is 1. The van der Waals surface area contributed by atoms with Gasteiger partial charge in [-0.1, -0.05) is 0 Å². The van der Waals surface area contributed by atoms with Gasteiger partial charge in [0, 0.05) is 19.5 Å². The van der Waals surface area contributed by atoms with E-state index in [9.17, 15) is 9.90 Å². The van der Waals surface area contributed by atoms with Crippen LogP contribution in [0.25, 0.3) is 0 Å². The highest BCUT2D eigenvalue weighted by Crippen LogP contribution is 2.34. The summed E-state index contributed by atoms with van der Waals surface area (Å²) in [5, 5.41) is 9.78. The van der Waals surface area contributed by atoms with Gasteiger partial charge in [-0.25, -0.2) is 0 Å². The van der Waals surface area contributed by atoms with E-state index >= 15 is 0 Å². The van der Waals surface area contributed by atoms with Gasteiger partial charge in [0.1, 0.15) is 0 Å². The molecule has 0 aliphatic carbocycles. The van der Waals surface area contributed by atoms with Crippen molar-refractivity contribution in [1.29, 1.82) is 0 Å². The summed E-state index contributed by atoms with van der Waals surface area (Å²) in [6, 6.07) is 3.46. The minimum Gasteiger partial charge on any atom is -0.503 e. The lowest BCUT2D eigenvalue weighted by Crippen LogP contribution is -2.27. The second kappa shape index (κ2) is 6.50. The molecule has 3 N–H and O–H groups in total. The van der Waals surface area contributed by atoms with Gasteiger partial charge in [0.2, 0.25) is 5.91 Å². The fourth-order valence-electron chi connectivity index (χ4n) is 2.47. The number of phenolic OH excluding ortho intramolecular Hbond substituents is 1. The lowest BCUT2D eigenvalue weighted by Gasteiger charge is -2.15. The van der Waals surface area contributed by atoms with E-state index < -0.39 is 0 Å². The molecule has 0 spiro atoms. The van der Waals surface area contributed by atoms with Crippen molar-refractivity contribution in [3.8, 4) is 11.5 Å². The summed E-state index contributed by atoms with van der Waals surface area (Å²) in [7, 11) is 0. The molecule has 1 heterocycles. The average molecular weight is 278 g/mol. The molecule has 1 aliphatic heterocycles. The van der Waals surface area contributed by atoms with E-state index in [4.69, 9.17) is 10.5 Å². The summed E-state index contributed by atoms with van der Waals surface area (Å²) < 4.78 is 5.34. The van der Waals surface area contributed by atoms with E-state index in [-0.39, 0.29) is 11.7 Å². The Bertz CT molecular complexity index is 482. The van der Waals surface area contributed by atoms with Crippen LogP contribution in [0.15, 0.2) is 12.1 Å². The van der Waals surface area contributed by atoms with Crippen molar-refractivity contribution in [2.24, 2.45) is 0 Å². The highest BCUT2D eigenvalue weighted by molar-refractivity contribution is 5.76. The van der Waals surface area contributed by atoms with Crippen molar-refractivity contribution >= 4 is 11.6 Å². The number of nitrogens with two attached hydrogens (primary N) is 1. The first-order chi connectivity index (χ1) is 9.61. The van der Waals surface area contributed by atoms with Gasteiger partial charge in [0.15, 0.2) is 11.5 Å². The van der Waals surface area contributed by atoms with Crippen LogP contribution in [0, 0.1) is 0 Å². The quantitative estimate of drug-likeness (QED) is 0.637. The molecule has 0 unspecified atom stereocenters. The Morgan fingerprint density at radius 1 is 1.40 bits per heavy atom. The standard InChI is InChI=1S/C15H22N2O3/c1-2-20-13-10-11(9-12(16)15(13)19)5-6-14(18)17-7-3-4-8-17/h9-10,19H,2-8,16H2,1H3. The number of benzene rings is 1. The Labute approximate surface area is 119 Å². The van der Waals surface area contributed by atoms with Gasteiger partial charge < -0.3 is 20.5 Å². The lowest BCUT2D eigenvalue weighted by atomic mass is 10.1. The summed E-state index contributed by atoms with van der Waals surface area (Å²) in [4.78, 5) is 13.9. The minimum absolute atomic E-state index is 0.0264. The molecule has 0 aromatic heterocycles.